The number of hydrogen-bond donors (Lipinski definition) is 0. The highest BCUT2D eigenvalue weighted by Gasteiger charge is 2.34. The summed E-state index contributed by atoms with van der Waals surface area (Å²) in [6, 6.07) is 0. The first-order valence-electron chi connectivity index (χ1n) is 42.8. The third-order valence-corrected chi connectivity index (χ3v) is 23.5. The van der Waals surface area contributed by atoms with Gasteiger partial charge in [-0.2, -0.15) is 11.8 Å². The zero-order chi connectivity index (χ0) is 69.8. The summed E-state index contributed by atoms with van der Waals surface area (Å²) < 4.78 is 16.6. The number of aryl methyl sites for hydroxylation is 10. The van der Waals surface area contributed by atoms with Crippen molar-refractivity contribution in [2.45, 2.75) is 402 Å². The summed E-state index contributed by atoms with van der Waals surface area (Å²) in [6.45, 7) is 23.8. The van der Waals surface area contributed by atoms with Crippen molar-refractivity contribution in [3.8, 4) is 34.1 Å². The highest BCUT2D eigenvalue weighted by Crippen LogP contribution is 2.47. The molecule has 1 aliphatic heterocycles. The second-order valence-electron chi connectivity index (χ2n) is 31.0. The molecule has 1 aliphatic rings. The van der Waals surface area contributed by atoms with Crippen LogP contribution in [0.4, 0.5) is 0 Å². The maximum absolute atomic E-state index is 2.78. The minimum atomic E-state index is 1.07. The molecule has 0 unspecified atom stereocenters. The third kappa shape index (κ3) is 23.6. The summed E-state index contributed by atoms with van der Waals surface area (Å²) in [5, 5.41) is 0. The maximum Gasteiger partial charge on any atom is 0.0981 e. The van der Waals surface area contributed by atoms with Gasteiger partial charge in [-0.05, 0) is 195 Å². The van der Waals surface area contributed by atoms with E-state index in [0.29, 0.717) is 0 Å². The van der Waals surface area contributed by atoms with E-state index in [9.17, 15) is 0 Å². The second kappa shape index (κ2) is 45.4. The molecule has 550 valence electrons. The van der Waals surface area contributed by atoms with Crippen LogP contribution in [0.15, 0.2) is 74.4 Å². The number of nitrogens with zero attached hydrogens (tertiary/aromatic N) is 6. The molecule has 7 heterocycles. The lowest BCUT2D eigenvalue weighted by atomic mass is 10.0. The molecule has 8 rings (SSSR count). The Hall–Kier alpha value is -4.75. The Morgan fingerprint density at radius 3 is 0.444 bits per heavy atom. The van der Waals surface area contributed by atoms with E-state index in [-0.39, 0.29) is 0 Å². The van der Waals surface area contributed by atoms with Crippen LogP contribution >= 0.6 is 11.8 Å². The van der Waals surface area contributed by atoms with Crippen LogP contribution in [0.25, 0.3) is 34.1 Å². The molecule has 0 radical (unpaired) electrons. The van der Waals surface area contributed by atoms with Gasteiger partial charge in [0.05, 0.1) is 34.1 Å². The van der Waals surface area contributed by atoms with E-state index in [0.717, 1.165) is 75.7 Å². The van der Waals surface area contributed by atoms with E-state index in [4.69, 9.17) is 0 Å². The first kappa shape index (κ1) is 79.9. The first-order valence-corrected chi connectivity index (χ1v) is 43.9. The van der Waals surface area contributed by atoms with Crippen molar-refractivity contribution in [1.82, 2.24) is 27.4 Å². The Morgan fingerprint density at radius 2 is 0.313 bits per heavy atom. The fourth-order valence-corrected chi connectivity index (χ4v) is 17.4. The molecule has 0 fully saturated rings. The first-order chi connectivity index (χ1) is 48.8. The summed E-state index contributed by atoms with van der Waals surface area (Å²) >= 11 is 2.10. The Bertz CT molecular complexity index is 3010. The Balaban J connectivity index is 1.65. The Kier molecular flexibility index (Phi) is 36.6. The van der Waals surface area contributed by atoms with Gasteiger partial charge >= 0.3 is 0 Å². The zero-order valence-electron chi connectivity index (χ0n) is 65.8. The monoisotopic (exact) mass is 1370 g/mol. The largest absolute Gasteiger partial charge is 0.320 e. The van der Waals surface area contributed by atoms with Gasteiger partial charge in [-0.3, -0.25) is 0 Å². The average Bonchev–Trinajstić information content (AvgIpc) is 1.64. The van der Waals surface area contributed by atoms with E-state index >= 15 is 0 Å². The molecule has 7 aromatic rings. The molecular formula is C92H146N6S. The molecule has 0 N–H and O–H groups in total. The number of unbranched alkanes of at least 4 members (excludes halogenated alkanes) is 30. The molecule has 1 aromatic carbocycles. The fraction of sp³-hybridized carbons (Fsp3) is 0.674. The SMILES string of the molecule is CCCCCCc1cn(-c2c(-n3cc(CCCCCC)c(CCCCCC)c3)c(-n3cc(CCCCCC)c(CCCCCC)c3)c(-n3cc4c(c3)CSC4)c(-n3cc(CCCCCC)c(CCCCCC)c3)c2-n2cc(CCCCCC)c(CCCCCC)c2)cc1CCCCCC. The summed E-state index contributed by atoms with van der Waals surface area (Å²) in [5.41, 5.74) is 26.7. The molecule has 0 aliphatic carbocycles. The van der Waals surface area contributed by atoms with Crippen LogP contribution < -0.4 is 0 Å². The van der Waals surface area contributed by atoms with Gasteiger partial charge in [-0.25, -0.2) is 0 Å². The Labute approximate surface area is 612 Å². The second-order valence-corrected chi connectivity index (χ2v) is 32.0. The lowest BCUT2D eigenvalue weighted by Crippen LogP contribution is -2.18. The van der Waals surface area contributed by atoms with Crippen molar-refractivity contribution in [3.05, 3.63) is 141 Å². The van der Waals surface area contributed by atoms with Crippen molar-refractivity contribution >= 4 is 11.8 Å². The molecule has 0 saturated heterocycles. The highest BCUT2D eigenvalue weighted by molar-refractivity contribution is 7.98. The molecular weight excluding hydrogens is 1220 g/mol. The van der Waals surface area contributed by atoms with Crippen LogP contribution in [0.2, 0.25) is 0 Å². The van der Waals surface area contributed by atoms with Gasteiger partial charge in [-0.1, -0.05) is 262 Å². The molecule has 99 heavy (non-hydrogen) atoms. The van der Waals surface area contributed by atoms with E-state index in [2.05, 4.69) is 183 Å². The van der Waals surface area contributed by atoms with E-state index in [1.54, 1.807) is 55.6 Å². The highest BCUT2D eigenvalue weighted by atomic mass is 32.2. The summed E-state index contributed by atoms with van der Waals surface area (Å²) in [4.78, 5) is 0. The number of aromatic nitrogens is 6. The zero-order valence-corrected chi connectivity index (χ0v) is 66.6. The summed E-state index contributed by atoms with van der Waals surface area (Å²) in [6.07, 6.45) is 94.5. The quantitative estimate of drug-likeness (QED) is 0.0350. The average molecular weight is 1370 g/mol. The molecule has 0 atom stereocenters. The number of rotatable bonds is 56. The smallest absolute Gasteiger partial charge is 0.0981 e. The van der Waals surface area contributed by atoms with Crippen LogP contribution in [0.1, 0.15) is 393 Å². The number of fused-ring (bicyclic) bond motifs is 1. The lowest BCUT2D eigenvalue weighted by molar-refractivity contribution is 0.652. The van der Waals surface area contributed by atoms with Gasteiger partial charge < -0.3 is 27.4 Å². The predicted molar refractivity (Wildman–Crippen MR) is 436 cm³/mol. The van der Waals surface area contributed by atoms with Crippen molar-refractivity contribution < 1.29 is 0 Å². The van der Waals surface area contributed by atoms with E-state index < -0.39 is 0 Å². The van der Waals surface area contributed by atoms with E-state index in [1.807, 2.05) is 0 Å². The van der Waals surface area contributed by atoms with Gasteiger partial charge in [0, 0.05) is 85.9 Å². The van der Waals surface area contributed by atoms with Gasteiger partial charge in [0.15, 0.2) is 0 Å². The normalized spacial score (nSPS) is 12.4. The number of hydrogen-bond acceptors (Lipinski definition) is 1. The molecule has 0 spiro atoms. The topological polar surface area (TPSA) is 29.6 Å². The van der Waals surface area contributed by atoms with Gasteiger partial charge in [-0.15, -0.1) is 0 Å². The number of benzene rings is 1. The van der Waals surface area contributed by atoms with Crippen LogP contribution in [0, 0.1) is 0 Å². The molecule has 7 heteroatoms. The summed E-state index contributed by atoms with van der Waals surface area (Å²) in [5.74, 6) is 2.13. The van der Waals surface area contributed by atoms with Gasteiger partial charge in [0.1, 0.15) is 0 Å². The van der Waals surface area contributed by atoms with E-state index in [1.165, 1.54) is 302 Å². The minimum Gasteiger partial charge on any atom is -0.320 e. The molecule has 0 bridgehead atoms. The summed E-state index contributed by atoms with van der Waals surface area (Å²) in [7, 11) is 0. The predicted octanol–water partition coefficient (Wildman–Crippen LogP) is 28.4. The van der Waals surface area contributed by atoms with Crippen LogP contribution in [0.5, 0.6) is 0 Å². The van der Waals surface area contributed by atoms with Gasteiger partial charge in [0.2, 0.25) is 0 Å². The maximum atomic E-state index is 2.78. The van der Waals surface area contributed by atoms with Crippen LogP contribution in [-0.2, 0) is 75.7 Å². The fourth-order valence-electron chi connectivity index (χ4n) is 16.4. The van der Waals surface area contributed by atoms with Crippen LogP contribution in [-0.4, -0.2) is 27.4 Å². The third-order valence-electron chi connectivity index (χ3n) is 22.4. The van der Waals surface area contributed by atoms with Crippen molar-refractivity contribution in [2.75, 3.05) is 0 Å². The number of thioether (sulfide) groups is 1. The molecule has 0 saturated carbocycles. The lowest BCUT2D eigenvalue weighted by Gasteiger charge is -2.29. The van der Waals surface area contributed by atoms with Crippen LogP contribution in [0.3, 0.4) is 0 Å². The van der Waals surface area contributed by atoms with Crippen molar-refractivity contribution in [3.63, 3.8) is 0 Å². The Morgan fingerprint density at radius 1 is 0.182 bits per heavy atom. The minimum absolute atomic E-state index is 1.07. The van der Waals surface area contributed by atoms with Gasteiger partial charge in [0.25, 0.3) is 0 Å². The standard InChI is InChI=1S/C92H146N6S/c1-11-21-31-41-51-75-61-93(62-76(75)52-42-32-22-12-2)87-88(94-63-77(53-43-33-23-13-3)78(64-94)54-44-34-24-14-4)90(96-67-81(57-47-37-27-17-7)82(68-96)58-48-38-28-18-8)92(98-71-85-73-99-74-86(85)72-98)91(97-69-83(59-49-39-29-19-9)84(70-97)60-50-40-30-20-10)89(87)95-65-79(55-45-35-25-15-5)80(66-95)56-46-36-26-16-6/h61-72H,11-60,73-74H2,1-10H3. The molecule has 6 nitrogen and oxygen atoms in total. The van der Waals surface area contributed by atoms with Crippen molar-refractivity contribution in [1.29, 1.82) is 0 Å². The van der Waals surface area contributed by atoms with Crippen molar-refractivity contribution in [2.24, 2.45) is 0 Å². The molecule has 6 aromatic heterocycles. The molecule has 0 amide bonds.